The van der Waals surface area contributed by atoms with Crippen molar-refractivity contribution in [2.24, 2.45) is 0 Å². The fourth-order valence-electron chi connectivity index (χ4n) is 1.41. The summed E-state index contributed by atoms with van der Waals surface area (Å²) in [6, 6.07) is 6.23. The molecule has 1 aromatic carbocycles. The second-order valence-corrected chi connectivity index (χ2v) is 6.30. The Bertz CT molecular complexity index is 376. The molecule has 0 bridgehead atoms. The third-order valence-corrected chi connectivity index (χ3v) is 3.59. The standard InChI is InChI=1S/C13H19BrClNO/c1-13(2,3)9-4-5-11(14)12(6-9)16-8-10(17)7-15/h4-6,10,16-17H,7-8H2,1-3H3. The van der Waals surface area contributed by atoms with Gasteiger partial charge in [0.05, 0.1) is 12.0 Å². The van der Waals surface area contributed by atoms with Crippen LogP contribution in [0.3, 0.4) is 0 Å². The maximum Gasteiger partial charge on any atom is 0.0847 e. The molecule has 2 nitrogen and oxygen atoms in total. The van der Waals surface area contributed by atoms with Crippen molar-refractivity contribution in [3.63, 3.8) is 0 Å². The third-order valence-electron chi connectivity index (χ3n) is 2.54. The van der Waals surface area contributed by atoms with Crippen molar-refractivity contribution in [3.05, 3.63) is 28.2 Å². The van der Waals surface area contributed by atoms with E-state index < -0.39 is 6.10 Å². The number of nitrogens with one attached hydrogen (secondary N) is 1. The first-order valence-electron chi connectivity index (χ1n) is 5.62. The molecule has 96 valence electrons. The van der Waals surface area contributed by atoms with Crippen LogP contribution in [0.1, 0.15) is 26.3 Å². The second kappa shape index (κ2) is 6.07. The van der Waals surface area contributed by atoms with Crippen LogP contribution >= 0.6 is 27.5 Å². The fraction of sp³-hybridized carbons (Fsp3) is 0.538. The van der Waals surface area contributed by atoms with Gasteiger partial charge >= 0.3 is 0 Å². The van der Waals surface area contributed by atoms with Gasteiger partial charge in [0, 0.05) is 16.7 Å². The molecule has 1 aromatic rings. The van der Waals surface area contributed by atoms with Gasteiger partial charge < -0.3 is 10.4 Å². The Morgan fingerprint density at radius 3 is 2.59 bits per heavy atom. The lowest BCUT2D eigenvalue weighted by atomic mass is 9.87. The van der Waals surface area contributed by atoms with Crippen LogP contribution in [0.2, 0.25) is 0 Å². The predicted molar refractivity (Wildman–Crippen MR) is 78.1 cm³/mol. The summed E-state index contributed by atoms with van der Waals surface area (Å²) in [4.78, 5) is 0. The van der Waals surface area contributed by atoms with Gasteiger partial charge in [-0.05, 0) is 39.0 Å². The van der Waals surface area contributed by atoms with E-state index in [0.29, 0.717) is 6.54 Å². The summed E-state index contributed by atoms with van der Waals surface area (Å²) in [5.74, 6) is 0.240. The van der Waals surface area contributed by atoms with Gasteiger partial charge in [0.1, 0.15) is 0 Å². The number of aliphatic hydroxyl groups excluding tert-OH is 1. The van der Waals surface area contributed by atoms with Gasteiger partial charge in [-0.15, -0.1) is 11.6 Å². The summed E-state index contributed by atoms with van der Waals surface area (Å²) in [6.07, 6.45) is -0.526. The van der Waals surface area contributed by atoms with E-state index in [9.17, 15) is 5.11 Å². The van der Waals surface area contributed by atoms with E-state index in [1.54, 1.807) is 0 Å². The Morgan fingerprint density at radius 2 is 2.06 bits per heavy atom. The molecule has 0 amide bonds. The van der Waals surface area contributed by atoms with E-state index in [1.807, 2.05) is 6.07 Å². The monoisotopic (exact) mass is 319 g/mol. The summed E-state index contributed by atoms with van der Waals surface area (Å²) in [6.45, 7) is 6.98. The van der Waals surface area contributed by atoms with Crippen LogP contribution in [0.25, 0.3) is 0 Å². The van der Waals surface area contributed by atoms with Crippen molar-refractivity contribution < 1.29 is 5.11 Å². The van der Waals surface area contributed by atoms with Crippen LogP contribution in [-0.2, 0) is 5.41 Å². The molecule has 1 atom stereocenters. The number of benzene rings is 1. The van der Waals surface area contributed by atoms with Crippen molar-refractivity contribution in [1.82, 2.24) is 0 Å². The molecule has 0 fully saturated rings. The van der Waals surface area contributed by atoms with Crippen molar-refractivity contribution in [2.45, 2.75) is 32.3 Å². The molecule has 4 heteroatoms. The smallest absolute Gasteiger partial charge is 0.0847 e. The number of aliphatic hydroxyl groups is 1. The van der Waals surface area contributed by atoms with Gasteiger partial charge in [-0.1, -0.05) is 26.8 Å². The topological polar surface area (TPSA) is 32.3 Å². The summed E-state index contributed by atoms with van der Waals surface area (Å²) in [7, 11) is 0. The molecule has 0 aliphatic heterocycles. The van der Waals surface area contributed by atoms with Crippen LogP contribution < -0.4 is 5.32 Å². The zero-order valence-electron chi connectivity index (χ0n) is 10.4. The molecule has 0 saturated heterocycles. The molecule has 0 spiro atoms. The first-order valence-corrected chi connectivity index (χ1v) is 6.95. The first kappa shape index (κ1) is 14.8. The highest BCUT2D eigenvalue weighted by atomic mass is 79.9. The zero-order valence-corrected chi connectivity index (χ0v) is 12.8. The number of hydrogen-bond acceptors (Lipinski definition) is 2. The van der Waals surface area contributed by atoms with E-state index >= 15 is 0 Å². The van der Waals surface area contributed by atoms with Crippen molar-refractivity contribution in [3.8, 4) is 0 Å². The summed E-state index contributed by atoms with van der Waals surface area (Å²) >= 11 is 9.05. The molecule has 0 aliphatic carbocycles. The van der Waals surface area contributed by atoms with Crippen molar-refractivity contribution in [1.29, 1.82) is 0 Å². The first-order chi connectivity index (χ1) is 7.84. The Hall–Kier alpha value is -0.250. The Labute approximate surface area is 117 Å². The van der Waals surface area contributed by atoms with Crippen molar-refractivity contribution >= 4 is 33.2 Å². The van der Waals surface area contributed by atoms with E-state index in [0.717, 1.165) is 10.2 Å². The summed E-state index contributed by atoms with van der Waals surface area (Å²) < 4.78 is 0.993. The van der Waals surface area contributed by atoms with Crippen LogP contribution in [-0.4, -0.2) is 23.6 Å². The molecule has 2 N–H and O–H groups in total. The van der Waals surface area contributed by atoms with Crippen LogP contribution in [0.5, 0.6) is 0 Å². The van der Waals surface area contributed by atoms with Gasteiger partial charge in [-0.3, -0.25) is 0 Å². The minimum absolute atomic E-state index is 0.113. The van der Waals surface area contributed by atoms with Crippen molar-refractivity contribution in [2.75, 3.05) is 17.7 Å². The van der Waals surface area contributed by atoms with Gasteiger partial charge in [0.2, 0.25) is 0 Å². The minimum Gasteiger partial charge on any atom is -0.390 e. The van der Waals surface area contributed by atoms with E-state index in [1.165, 1.54) is 5.56 Å². The molecule has 0 heterocycles. The number of hydrogen-bond donors (Lipinski definition) is 2. The number of alkyl halides is 1. The molecule has 0 radical (unpaired) electrons. The molecule has 1 unspecified atom stereocenters. The maximum absolute atomic E-state index is 9.43. The SMILES string of the molecule is CC(C)(C)c1ccc(Br)c(NCC(O)CCl)c1. The zero-order chi connectivity index (χ0) is 13.1. The summed E-state index contributed by atoms with van der Waals surface area (Å²) in [5.41, 5.74) is 2.35. The lowest BCUT2D eigenvalue weighted by molar-refractivity contribution is 0.211. The lowest BCUT2D eigenvalue weighted by Crippen LogP contribution is -2.21. The molecule has 1 rings (SSSR count). The Kier molecular flexibility index (Phi) is 5.29. The molecule has 17 heavy (non-hydrogen) atoms. The average molecular weight is 321 g/mol. The predicted octanol–water partition coefficient (Wildman–Crippen LogP) is 3.76. The average Bonchev–Trinajstić information content (AvgIpc) is 2.26. The highest BCUT2D eigenvalue weighted by Crippen LogP contribution is 2.30. The van der Waals surface area contributed by atoms with Gasteiger partial charge in [0.15, 0.2) is 0 Å². The molecular weight excluding hydrogens is 302 g/mol. The summed E-state index contributed by atoms with van der Waals surface area (Å²) in [5, 5.41) is 12.6. The quantitative estimate of drug-likeness (QED) is 0.828. The number of anilines is 1. The van der Waals surface area contributed by atoms with Crippen LogP contribution in [0.4, 0.5) is 5.69 Å². The van der Waals surface area contributed by atoms with Gasteiger partial charge in [0.25, 0.3) is 0 Å². The van der Waals surface area contributed by atoms with Gasteiger partial charge in [-0.25, -0.2) is 0 Å². The second-order valence-electron chi connectivity index (χ2n) is 5.13. The van der Waals surface area contributed by atoms with Crippen LogP contribution in [0.15, 0.2) is 22.7 Å². The van der Waals surface area contributed by atoms with E-state index in [-0.39, 0.29) is 11.3 Å². The number of rotatable bonds is 4. The molecule has 0 aromatic heterocycles. The Balaban J connectivity index is 2.84. The largest absolute Gasteiger partial charge is 0.390 e. The molecule has 0 saturated carbocycles. The maximum atomic E-state index is 9.43. The lowest BCUT2D eigenvalue weighted by Gasteiger charge is -2.21. The highest BCUT2D eigenvalue weighted by Gasteiger charge is 2.15. The Morgan fingerprint density at radius 1 is 1.41 bits per heavy atom. The van der Waals surface area contributed by atoms with E-state index in [2.05, 4.69) is 54.2 Å². The van der Waals surface area contributed by atoms with Crippen LogP contribution in [0, 0.1) is 0 Å². The highest BCUT2D eigenvalue weighted by molar-refractivity contribution is 9.10. The normalized spacial score (nSPS) is 13.5. The van der Waals surface area contributed by atoms with Gasteiger partial charge in [-0.2, -0.15) is 0 Å². The molecule has 0 aliphatic rings. The molecular formula is C13H19BrClNO. The van der Waals surface area contributed by atoms with E-state index in [4.69, 9.17) is 11.6 Å². The fourth-order valence-corrected chi connectivity index (χ4v) is 1.91. The number of halogens is 2. The minimum atomic E-state index is -0.526. The third kappa shape index (κ3) is 4.49.